The molecule has 0 radical (unpaired) electrons. The summed E-state index contributed by atoms with van der Waals surface area (Å²) >= 11 is 0. The van der Waals surface area contributed by atoms with Crippen LogP contribution in [-0.4, -0.2) is 25.0 Å². The molecule has 1 rings (SSSR count). The molecule has 1 nitrogen and oxygen atoms in total. The van der Waals surface area contributed by atoms with E-state index in [9.17, 15) is 0 Å². The van der Waals surface area contributed by atoms with Gasteiger partial charge in [0.05, 0.1) is 0 Å². The molecule has 0 aromatic heterocycles. The molecule has 1 aliphatic carbocycles. The van der Waals surface area contributed by atoms with E-state index >= 15 is 0 Å². The van der Waals surface area contributed by atoms with Gasteiger partial charge in [-0.3, -0.25) is 0 Å². The number of hydrogen-bond donors (Lipinski definition) is 0. The molecule has 1 fully saturated rings. The van der Waals surface area contributed by atoms with Crippen molar-refractivity contribution in [1.29, 1.82) is 0 Å². The Morgan fingerprint density at radius 1 is 1.35 bits per heavy atom. The summed E-state index contributed by atoms with van der Waals surface area (Å²) in [5.41, 5.74) is 4.51. The van der Waals surface area contributed by atoms with E-state index < -0.39 is 0 Å². The molecule has 0 bridgehead atoms. The third-order valence-electron chi connectivity index (χ3n) is 4.74. The molecule has 0 saturated heterocycles. The van der Waals surface area contributed by atoms with E-state index in [0.29, 0.717) is 11.3 Å². The van der Waals surface area contributed by atoms with E-state index in [2.05, 4.69) is 70.5 Å². The smallest absolute Gasteiger partial charge is 0.0200 e. The largest absolute Gasteiger partial charge is 0.306 e. The summed E-state index contributed by atoms with van der Waals surface area (Å²) in [5.74, 6) is 0.692. The maximum absolute atomic E-state index is 3.91. The van der Waals surface area contributed by atoms with Crippen LogP contribution in [0.25, 0.3) is 0 Å². The Hall–Kier alpha value is -1.08. The van der Waals surface area contributed by atoms with Gasteiger partial charge in [-0.05, 0) is 40.8 Å². The maximum Gasteiger partial charge on any atom is 0.0200 e. The Morgan fingerprint density at radius 2 is 2.00 bits per heavy atom. The first-order valence-corrected chi connectivity index (χ1v) is 7.80. The van der Waals surface area contributed by atoms with E-state index in [1.807, 2.05) is 6.92 Å². The summed E-state index contributed by atoms with van der Waals surface area (Å²) < 4.78 is 0. The average Bonchev–Trinajstić information content (AvgIpc) is 3.05. The molecule has 0 N–H and O–H groups in total. The third kappa shape index (κ3) is 3.32. The first-order chi connectivity index (χ1) is 9.43. The molecule has 0 heterocycles. The molecule has 112 valence electrons. The molecule has 1 aliphatic rings. The van der Waals surface area contributed by atoms with E-state index in [-0.39, 0.29) is 0 Å². The Morgan fingerprint density at radius 3 is 2.45 bits per heavy atom. The summed E-state index contributed by atoms with van der Waals surface area (Å²) in [4.78, 5) is 2.42. The Bertz CT molecular complexity index is 439. The number of rotatable bonds is 7. The van der Waals surface area contributed by atoms with Gasteiger partial charge >= 0.3 is 0 Å². The van der Waals surface area contributed by atoms with Gasteiger partial charge in [-0.15, -0.1) is 0 Å². The van der Waals surface area contributed by atoms with Crippen molar-refractivity contribution in [3.63, 3.8) is 0 Å². The van der Waals surface area contributed by atoms with Crippen molar-refractivity contribution in [2.75, 3.05) is 20.1 Å². The van der Waals surface area contributed by atoms with E-state index in [0.717, 1.165) is 12.1 Å². The van der Waals surface area contributed by atoms with Crippen molar-refractivity contribution in [2.45, 2.75) is 41.0 Å². The highest BCUT2D eigenvalue weighted by molar-refractivity contribution is 5.49. The van der Waals surface area contributed by atoms with Crippen LogP contribution < -0.4 is 0 Å². The summed E-state index contributed by atoms with van der Waals surface area (Å²) in [6.45, 7) is 17.2. The van der Waals surface area contributed by atoms with E-state index in [1.54, 1.807) is 5.57 Å². The van der Waals surface area contributed by atoms with E-state index in [4.69, 9.17) is 0 Å². The predicted molar refractivity (Wildman–Crippen MR) is 90.9 cm³/mol. The molecular weight excluding hydrogens is 242 g/mol. The molecule has 0 aromatic rings. The van der Waals surface area contributed by atoms with Crippen LogP contribution in [0.4, 0.5) is 0 Å². The van der Waals surface area contributed by atoms with Crippen molar-refractivity contribution in [3.8, 4) is 0 Å². The van der Waals surface area contributed by atoms with Crippen LogP contribution in [0.3, 0.4) is 0 Å². The summed E-state index contributed by atoms with van der Waals surface area (Å²) in [5, 5.41) is 0. The van der Waals surface area contributed by atoms with Crippen LogP contribution in [0.2, 0.25) is 0 Å². The Kier molecular flexibility index (Phi) is 6.01. The highest BCUT2D eigenvalue weighted by Crippen LogP contribution is 2.65. The average molecular weight is 273 g/mol. The normalized spacial score (nSPS) is 28.6. The first kappa shape index (κ1) is 17.0. The van der Waals surface area contributed by atoms with E-state index in [1.165, 1.54) is 18.5 Å². The van der Waals surface area contributed by atoms with Gasteiger partial charge in [0.2, 0.25) is 0 Å². The molecule has 20 heavy (non-hydrogen) atoms. The lowest BCUT2D eigenvalue weighted by Gasteiger charge is -2.19. The first-order valence-electron chi connectivity index (χ1n) is 7.80. The number of hydrogen-bond acceptors (Lipinski definition) is 1. The highest BCUT2D eigenvalue weighted by Gasteiger charge is 2.58. The molecule has 0 spiro atoms. The Labute approximate surface area is 125 Å². The van der Waals surface area contributed by atoms with Crippen molar-refractivity contribution >= 4 is 0 Å². The summed E-state index contributed by atoms with van der Waals surface area (Å²) in [6.07, 6.45) is 10.0. The third-order valence-corrected chi connectivity index (χ3v) is 4.74. The van der Waals surface area contributed by atoms with Crippen molar-refractivity contribution in [3.05, 3.63) is 47.6 Å². The van der Waals surface area contributed by atoms with Gasteiger partial charge in [0.1, 0.15) is 0 Å². The zero-order valence-corrected chi connectivity index (χ0v) is 14.2. The highest BCUT2D eigenvalue weighted by atomic mass is 15.1. The second kappa shape index (κ2) is 7.08. The zero-order valence-electron chi connectivity index (χ0n) is 14.2. The van der Waals surface area contributed by atoms with Crippen LogP contribution in [0, 0.1) is 11.3 Å². The Balaban J connectivity index is 2.94. The lowest BCUT2D eigenvalue weighted by Crippen LogP contribution is -2.23. The molecule has 0 amide bonds. The van der Waals surface area contributed by atoms with Gasteiger partial charge in [0, 0.05) is 17.9 Å². The minimum Gasteiger partial charge on any atom is -0.306 e. The predicted octanol–water partition coefficient (Wildman–Crippen LogP) is 4.99. The monoisotopic (exact) mass is 273 g/mol. The van der Waals surface area contributed by atoms with Crippen LogP contribution in [-0.2, 0) is 0 Å². The molecule has 1 heteroatoms. The molecule has 2 atom stereocenters. The number of allylic oxidation sites excluding steroid dienone is 6. The lowest BCUT2D eigenvalue weighted by atomic mass is 9.90. The standard InChI is InChI=1S/C19H31N/c1-8-17-18(14-20(7)10-3)19(17,9-2)16(6)13-11-12-15(4)5/h8,11-13,18H,4,9-10,14H2,1-3,5-7H3/b12-11-,16-13+,17-8+. The molecule has 0 aliphatic heterocycles. The molecule has 1 saturated carbocycles. The molecular formula is C19H31N. The van der Waals surface area contributed by atoms with Gasteiger partial charge in [0.25, 0.3) is 0 Å². The topological polar surface area (TPSA) is 3.24 Å². The van der Waals surface area contributed by atoms with Crippen LogP contribution in [0.1, 0.15) is 41.0 Å². The van der Waals surface area contributed by atoms with Crippen LogP contribution in [0.5, 0.6) is 0 Å². The molecule has 2 unspecified atom stereocenters. The fourth-order valence-corrected chi connectivity index (χ4v) is 3.36. The zero-order chi connectivity index (χ0) is 15.3. The van der Waals surface area contributed by atoms with Crippen molar-refractivity contribution in [2.24, 2.45) is 11.3 Å². The van der Waals surface area contributed by atoms with Gasteiger partial charge in [-0.1, -0.05) is 61.4 Å². The fraction of sp³-hybridized carbons (Fsp3) is 0.579. The molecule has 0 aromatic carbocycles. The quantitative estimate of drug-likeness (QED) is 0.466. The second-order valence-corrected chi connectivity index (χ2v) is 6.03. The maximum atomic E-state index is 3.91. The minimum atomic E-state index is 0.303. The lowest BCUT2D eigenvalue weighted by molar-refractivity contribution is 0.314. The summed E-state index contributed by atoms with van der Waals surface area (Å²) in [6, 6.07) is 0. The van der Waals surface area contributed by atoms with Gasteiger partial charge in [-0.25, -0.2) is 0 Å². The van der Waals surface area contributed by atoms with Gasteiger partial charge in [0.15, 0.2) is 0 Å². The second-order valence-electron chi connectivity index (χ2n) is 6.03. The number of nitrogens with zero attached hydrogens (tertiary/aromatic N) is 1. The minimum absolute atomic E-state index is 0.303. The fourth-order valence-electron chi connectivity index (χ4n) is 3.36. The van der Waals surface area contributed by atoms with Crippen LogP contribution in [0.15, 0.2) is 47.6 Å². The van der Waals surface area contributed by atoms with Gasteiger partial charge < -0.3 is 4.90 Å². The SMILES string of the molecule is C=C(C)/C=C\C=C(/C)C1(CC)/C(=C/C)C1CN(C)CC. The van der Waals surface area contributed by atoms with Gasteiger partial charge in [-0.2, -0.15) is 0 Å². The summed E-state index contributed by atoms with van der Waals surface area (Å²) in [7, 11) is 2.21. The van der Waals surface area contributed by atoms with Crippen molar-refractivity contribution in [1.82, 2.24) is 4.90 Å². The van der Waals surface area contributed by atoms with Crippen molar-refractivity contribution < 1.29 is 0 Å². The van der Waals surface area contributed by atoms with Crippen LogP contribution >= 0.6 is 0 Å².